The van der Waals surface area contributed by atoms with Crippen molar-refractivity contribution in [3.63, 3.8) is 0 Å². The van der Waals surface area contributed by atoms with Crippen LogP contribution in [0.15, 0.2) is 24.3 Å². The fraction of sp³-hybridized carbons (Fsp3) is 0.400. The predicted octanol–water partition coefficient (Wildman–Crippen LogP) is 2.32. The number of ether oxygens (including phenoxy) is 1. The molecule has 0 radical (unpaired) electrons. The minimum atomic E-state index is -0.500. The summed E-state index contributed by atoms with van der Waals surface area (Å²) in [5.41, 5.74) is 6.50. The molecule has 0 aliphatic carbocycles. The van der Waals surface area contributed by atoms with Crippen LogP contribution in [0.3, 0.4) is 0 Å². The number of hydrogen-bond acceptors (Lipinski definition) is 4. The Labute approximate surface area is 142 Å². The minimum absolute atomic E-state index is 0.0888. The number of rotatable bonds is 4. The fourth-order valence-corrected chi connectivity index (χ4v) is 1.76. The molecule has 122 valence electrons. The molecule has 7 heteroatoms. The van der Waals surface area contributed by atoms with Crippen molar-refractivity contribution < 1.29 is 14.6 Å². The minimum Gasteiger partial charge on any atom is -0.487 e. The summed E-state index contributed by atoms with van der Waals surface area (Å²) in [7, 11) is 3.64. The van der Waals surface area contributed by atoms with Gasteiger partial charge in [-0.1, -0.05) is 24.3 Å². The van der Waals surface area contributed by atoms with Gasteiger partial charge >= 0.3 is 0 Å². The lowest BCUT2D eigenvalue weighted by molar-refractivity contribution is -0.119. The molecule has 0 bridgehead atoms. The second-order valence-electron chi connectivity index (χ2n) is 4.83. The highest BCUT2D eigenvalue weighted by molar-refractivity contribution is 7.80. The first-order valence-electron chi connectivity index (χ1n) is 6.55. The molecule has 1 aromatic carbocycles. The van der Waals surface area contributed by atoms with E-state index in [-0.39, 0.29) is 18.3 Å². The number of carbonyl (C=O) groups is 1. The molecule has 1 atom stereocenters. The third-order valence-corrected chi connectivity index (χ3v) is 3.28. The summed E-state index contributed by atoms with van der Waals surface area (Å²) >= 11 is 8.93. The van der Waals surface area contributed by atoms with Gasteiger partial charge in [0.2, 0.25) is 0 Å². The number of thiocarbonyl (C=S) groups is 2. The van der Waals surface area contributed by atoms with E-state index in [4.69, 9.17) is 22.1 Å². The maximum absolute atomic E-state index is 11.7. The molecule has 0 amide bonds. The number of benzene rings is 1. The van der Waals surface area contributed by atoms with Gasteiger partial charge in [0, 0.05) is 14.1 Å². The second-order valence-corrected chi connectivity index (χ2v) is 5.60. The smallest absolute Gasteiger partial charge is 0.258 e. The van der Waals surface area contributed by atoms with Crippen LogP contribution in [0.1, 0.15) is 24.0 Å². The number of aryl methyl sites for hydroxylation is 1. The number of nitrogens with two attached hydrogens (primary N) is 1. The average Bonchev–Trinajstić information content (AvgIpc) is 2.39. The molecule has 0 saturated heterocycles. The number of Topliss-reactive ketones (excluding diaryl/α,β-unsaturated/α-hetero) is 1. The Balaban J connectivity index is 0.000000980. The molecule has 0 fully saturated rings. The van der Waals surface area contributed by atoms with E-state index in [9.17, 15) is 4.79 Å². The highest BCUT2D eigenvalue weighted by atomic mass is 32.1. The lowest BCUT2D eigenvalue weighted by Crippen LogP contribution is -2.26. The third-order valence-electron chi connectivity index (χ3n) is 2.79. The summed E-state index contributed by atoms with van der Waals surface area (Å²) in [6, 6.07) is 7.85. The standard InChI is InChI=1S/C14H19NO2S.CH3NOS/c1-10-7-5-6-8-12(10)13(11(2)16)9-17-14(18)15(3)4;2-1(3)4/h5-8,13H,9H2,1-4H3;(H3,2,3,4). The van der Waals surface area contributed by atoms with Gasteiger partial charge in [0.25, 0.3) is 10.3 Å². The number of carbonyl (C=O) groups excluding carboxylic acids is 1. The lowest BCUT2D eigenvalue weighted by Gasteiger charge is -2.20. The monoisotopic (exact) mass is 342 g/mol. The molecule has 1 unspecified atom stereocenters. The van der Waals surface area contributed by atoms with E-state index in [0.29, 0.717) is 5.17 Å². The normalized spacial score (nSPS) is 10.7. The van der Waals surface area contributed by atoms with E-state index in [1.165, 1.54) is 0 Å². The van der Waals surface area contributed by atoms with Gasteiger partial charge in [-0.05, 0) is 49.4 Å². The Morgan fingerprint density at radius 3 is 2.27 bits per heavy atom. The molecule has 0 spiro atoms. The third kappa shape index (κ3) is 7.90. The first kappa shape index (κ1) is 20.3. The van der Waals surface area contributed by atoms with E-state index < -0.39 is 5.17 Å². The van der Waals surface area contributed by atoms with Crippen LogP contribution in [0.4, 0.5) is 0 Å². The lowest BCUT2D eigenvalue weighted by atomic mass is 9.92. The first-order chi connectivity index (χ1) is 10.2. The van der Waals surface area contributed by atoms with Crippen LogP contribution in [-0.2, 0) is 9.53 Å². The van der Waals surface area contributed by atoms with Crippen molar-refractivity contribution in [3.8, 4) is 0 Å². The SMILES string of the molecule is CC(=O)C(COC(=S)N(C)C)c1ccccc1C.NC(O)=S. The Kier molecular flexibility index (Phi) is 9.28. The number of aliphatic hydroxyl groups is 1. The fourth-order valence-electron chi connectivity index (χ4n) is 1.69. The molecule has 1 aromatic rings. The number of nitrogens with zero attached hydrogens (tertiary/aromatic N) is 1. The molecule has 0 heterocycles. The molecule has 0 aliphatic rings. The van der Waals surface area contributed by atoms with Gasteiger partial charge < -0.3 is 20.5 Å². The molecule has 1 rings (SSSR count). The van der Waals surface area contributed by atoms with Crippen molar-refractivity contribution in [1.82, 2.24) is 4.90 Å². The Morgan fingerprint density at radius 2 is 1.86 bits per heavy atom. The highest BCUT2D eigenvalue weighted by Crippen LogP contribution is 2.21. The number of hydrogen-bond donors (Lipinski definition) is 2. The summed E-state index contributed by atoms with van der Waals surface area (Å²) < 4.78 is 5.47. The van der Waals surface area contributed by atoms with E-state index >= 15 is 0 Å². The van der Waals surface area contributed by atoms with Gasteiger partial charge in [-0.15, -0.1) is 0 Å². The molecule has 5 nitrogen and oxygen atoms in total. The summed E-state index contributed by atoms with van der Waals surface area (Å²) in [5, 5.41) is 7.46. The molecule has 22 heavy (non-hydrogen) atoms. The largest absolute Gasteiger partial charge is 0.487 e. The van der Waals surface area contributed by atoms with Crippen LogP contribution < -0.4 is 5.73 Å². The maximum atomic E-state index is 11.7. The Bertz CT molecular complexity index is 529. The van der Waals surface area contributed by atoms with Crippen molar-refractivity contribution in [3.05, 3.63) is 35.4 Å². The molecular formula is C15H22N2O3S2. The van der Waals surface area contributed by atoms with E-state index in [2.05, 4.69) is 18.0 Å². The van der Waals surface area contributed by atoms with Crippen LogP contribution in [0.2, 0.25) is 0 Å². The van der Waals surface area contributed by atoms with Crippen LogP contribution in [-0.4, -0.2) is 46.8 Å². The zero-order valence-corrected chi connectivity index (χ0v) is 14.8. The van der Waals surface area contributed by atoms with Crippen molar-refractivity contribution in [2.45, 2.75) is 19.8 Å². The number of ketones is 1. The molecular weight excluding hydrogens is 320 g/mol. The molecule has 0 aliphatic heterocycles. The van der Waals surface area contributed by atoms with Gasteiger partial charge in [0.15, 0.2) is 0 Å². The van der Waals surface area contributed by atoms with Crippen molar-refractivity contribution >= 4 is 40.6 Å². The van der Waals surface area contributed by atoms with E-state index in [1.54, 1.807) is 11.8 Å². The van der Waals surface area contributed by atoms with Gasteiger partial charge in [-0.25, -0.2) is 0 Å². The van der Waals surface area contributed by atoms with E-state index in [0.717, 1.165) is 11.1 Å². The maximum Gasteiger partial charge on any atom is 0.258 e. The van der Waals surface area contributed by atoms with Crippen molar-refractivity contribution in [1.29, 1.82) is 0 Å². The van der Waals surface area contributed by atoms with Crippen molar-refractivity contribution in [2.75, 3.05) is 20.7 Å². The van der Waals surface area contributed by atoms with Crippen LogP contribution in [0, 0.1) is 6.92 Å². The van der Waals surface area contributed by atoms with Gasteiger partial charge in [0.1, 0.15) is 12.4 Å². The predicted molar refractivity (Wildman–Crippen MR) is 96.3 cm³/mol. The average molecular weight is 342 g/mol. The van der Waals surface area contributed by atoms with Gasteiger partial charge in [0.05, 0.1) is 5.92 Å². The topological polar surface area (TPSA) is 75.8 Å². The highest BCUT2D eigenvalue weighted by Gasteiger charge is 2.20. The van der Waals surface area contributed by atoms with Crippen molar-refractivity contribution in [2.24, 2.45) is 5.73 Å². The summed E-state index contributed by atoms with van der Waals surface area (Å²) in [4.78, 5) is 13.5. The Hall–Kier alpha value is -1.73. The molecule has 0 saturated carbocycles. The van der Waals surface area contributed by atoms with Gasteiger partial charge in [-0.3, -0.25) is 4.79 Å². The van der Waals surface area contributed by atoms with Crippen LogP contribution in [0.5, 0.6) is 0 Å². The van der Waals surface area contributed by atoms with Gasteiger partial charge in [-0.2, -0.15) is 0 Å². The first-order valence-corrected chi connectivity index (χ1v) is 7.36. The molecule has 3 N–H and O–H groups in total. The summed E-state index contributed by atoms with van der Waals surface area (Å²) in [6.45, 7) is 3.87. The van der Waals surface area contributed by atoms with E-state index in [1.807, 2.05) is 45.3 Å². The van der Waals surface area contributed by atoms with Crippen LogP contribution in [0.25, 0.3) is 0 Å². The summed E-state index contributed by atoms with van der Waals surface area (Å²) in [5.74, 6) is -0.171. The second kappa shape index (κ2) is 10.1. The quantitative estimate of drug-likeness (QED) is 0.813. The van der Waals surface area contributed by atoms with Crippen LogP contribution >= 0.6 is 24.4 Å². The number of aliphatic hydroxyl groups excluding tert-OH is 1. The zero-order chi connectivity index (χ0) is 17.3. The Morgan fingerprint density at radius 1 is 1.36 bits per heavy atom. The zero-order valence-electron chi connectivity index (χ0n) is 13.2. The molecule has 0 aromatic heterocycles. The summed E-state index contributed by atoms with van der Waals surface area (Å²) in [6.07, 6.45) is 0.